The summed E-state index contributed by atoms with van der Waals surface area (Å²) in [6.45, 7) is 0. The monoisotopic (exact) mass is 826 g/mol. The van der Waals surface area contributed by atoms with Gasteiger partial charge >= 0.3 is 16.5 Å². The molecule has 2 aliphatic rings. The largest absolute Gasteiger partial charge is 2.00 e. The van der Waals surface area contributed by atoms with E-state index in [4.69, 9.17) is 19.9 Å². The Bertz CT molecular complexity index is 2650. The minimum Gasteiger partial charge on any atom is -0.657 e. The summed E-state index contributed by atoms with van der Waals surface area (Å²) in [5.74, 6) is 0. The molecule has 0 fully saturated rings. The van der Waals surface area contributed by atoms with Crippen LogP contribution in [0.2, 0.25) is 0 Å². The maximum Gasteiger partial charge on any atom is 2.00 e. The van der Waals surface area contributed by atoms with Crippen LogP contribution in [0.25, 0.3) is 89.3 Å². The van der Waals surface area contributed by atoms with Crippen molar-refractivity contribution in [3.05, 3.63) is 167 Å². The second-order valence-corrected chi connectivity index (χ2v) is 13.8. The fourth-order valence-corrected chi connectivity index (χ4v) is 7.77. The van der Waals surface area contributed by atoms with Gasteiger partial charge in [-0.1, -0.05) is 155 Å². The molecular weight excluding hydrogens is 803 g/mol. The van der Waals surface area contributed by atoms with E-state index in [2.05, 4.69) is 153 Å². The van der Waals surface area contributed by atoms with Gasteiger partial charge in [-0.15, -0.1) is 22.1 Å². The van der Waals surface area contributed by atoms with E-state index in [1.54, 1.807) is 0 Å². The second kappa shape index (κ2) is 13.9. The van der Waals surface area contributed by atoms with Gasteiger partial charge in [0, 0.05) is 8.96 Å². The molecule has 0 aliphatic carbocycles. The van der Waals surface area contributed by atoms with Crippen molar-refractivity contribution in [2.24, 2.45) is 0 Å². The molecule has 246 valence electrons. The molecule has 4 aromatic carbocycles. The van der Waals surface area contributed by atoms with Gasteiger partial charge in [0.15, 0.2) is 0 Å². The van der Waals surface area contributed by atoms with E-state index in [9.17, 15) is 0 Å². The number of benzene rings is 4. The van der Waals surface area contributed by atoms with Crippen LogP contribution in [0.5, 0.6) is 0 Å². The van der Waals surface area contributed by atoms with Crippen molar-refractivity contribution in [3.63, 3.8) is 0 Å². The Morgan fingerprint density at radius 3 is 1.41 bits per heavy atom. The van der Waals surface area contributed by atoms with E-state index >= 15 is 0 Å². The summed E-state index contributed by atoms with van der Waals surface area (Å²) in [4.78, 5) is 21.4. The first kappa shape index (κ1) is 33.1. The summed E-state index contributed by atoms with van der Waals surface area (Å²) in [6, 6.07) is 47.7. The smallest absolute Gasteiger partial charge is 0.657 e. The molecule has 0 saturated heterocycles. The Morgan fingerprint density at radius 1 is 0.431 bits per heavy atom. The molecule has 4 nitrogen and oxygen atoms in total. The van der Waals surface area contributed by atoms with Gasteiger partial charge in [0.2, 0.25) is 0 Å². The molecule has 3 aromatic heterocycles. The fourth-order valence-electron chi connectivity index (χ4n) is 6.76. The number of aromatic nitrogens is 4. The molecule has 0 unspecified atom stereocenters. The summed E-state index contributed by atoms with van der Waals surface area (Å²) in [5.41, 5.74) is 14.5. The molecule has 0 amide bonds. The van der Waals surface area contributed by atoms with Gasteiger partial charge in [-0.3, -0.25) is 0 Å². The zero-order valence-corrected chi connectivity index (χ0v) is 31.0. The molecule has 0 spiro atoms. The third-order valence-electron chi connectivity index (χ3n) is 8.98. The molecule has 8 bridgehead atoms. The first-order valence-electron chi connectivity index (χ1n) is 16.3. The van der Waals surface area contributed by atoms with E-state index in [1.165, 1.54) is 0 Å². The number of halogens is 2. The molecule has 51 heavy (non-hydrogen) atoms. The number of hydrogen-bond donors (Lipinski definition) is 0. The fraction of sp³-hybridized carbons (Fsp3) is 0. The molecule has 7 aromatic rings. The molecule has 9 rings (SSSR count). The van der Waals surface area contributed by atoms with E-state index < -0.39 is 0 Å². The Hall–Kier alpha value is -5.07. The Labute approximate surface area is 322 Å². The number of rotatable bonds is 4. The Morgan fingerprint density at radius 2 is 0.882 bits per heavy atom. The minimum atomic E-state index is 0. The van der Waals surface area contributed by atoms with Crippen LogP contribution in [0.15, 0.2) is 144 Å². The SMILES string of the molecule is BrC1=Cc2nc1c(-c1ccccc1)c1cc(Br)c([n-]1)c(-c1ccccc1)c1nc(c(-c3ccccc3)c3ccc([n-]3)c2-c2ccccc2)C=C1.[Ni+2]. The Balaban J connectivity index is 0.00000374. The van der Waals surface area contributed by atoms with Crippen molar-refractivity contribution in [3.8, 4) is 44.5 Å². The van der Waals surface area contributed by atoms with Crippen molar-refractivity contribution in [2.75, 3.05) is 0 Å². The van der Waals surface area contributed by atoms with Crippen LogP contribution in [-0.2, 0) is 16.5 Å². The molecule has 5 heterocycles. The molecule has 2 aliphatic heterocycles. The van der Waals surface area contributed by atoms with Gasteiger partial charge in [-0.05, 0) is 78.7 Å². The minimum absolute atomic E-state index is 0. The average Bonchev–Trinajstić information content (AvgIpc) is 3.97. The van der Waals surface area contributed by atoms with Gasteiger partial charge in [-0.25, -0.2) is 9.97 Å². The molecule has 7 heteroatoms. The van der Waals surface area contributed by atoms with Crippen LogP contribution in [0.4, 0.5) is 0 Å². The molecule has 0 saturated carbocycles. The van der Waals surface area contributed by atoms with Crippen molar-refractivity contribution in [1.29, 1.82) is 0 Å². The first-order valence-corrected chi connectivity index (χ1v) is 17.9. The first-order chi connectivity index (χ1) is 24.6. The standard InChI is InChI=1S/C44H26Br2N4.Ni/c45-31-25-37-40(28-15-7-2-8-16-28)35-22-21-33(47-35)39(27-13-5-1-6-14-27)34-23-24-36(48-34)41(29-17-9-3-10-18-29)43-32(46)26-38(50-43)42(44(31)49-37)30-19-11-4-12-20-30;/h1-26H;/q-2;+2. The van der Waals surface area contributed by atoms with Crippen molar-refractivity contribution < 1.29 is 16.5 Å². The summed E-state index contributed by atoms with van der Waals surface area (Å²) < 4.78 is 1.75. The van der Waals surface area contributed by atoms with Crippen molar-refractivity contribution in [1.82, 2.24) is 19.9 Å². The third-order valence-corrected chi connectivity index (χ3v) is 10.2. The third kappa shape index (κ3) is 6.06. The van der Waals surface area contributed by atoms with Crippen LogP contribution in [0, 0.1) is 0 Å². The van der Waals surface area contributed by atoms with Crippen LogP contribution in [-0.4, -0.2) is 9.97 Å². The van der Waals surface area contributed by atoms with Gasteiger partial charge in [-0.2, -0.15) is 0 Å². The van der Waals surface area contributed by atoms with E-state index in [0.717, 1.165) is 98.3 Å². The summed E-state index contributed by atoms with van der Waals surface area (Å²) in [5, 5.41) is 0. The quantitative estimate of drug-likeness (QED) is 0.166. The van der Waals surface area contributed by atoms with Crippen LogP contribution >= 0.6 is 31.9 Å². The van der Waals surface area contributed by atoms with Gasteiger partial charge < -0.3 is 9.97 Å². The summed E-state index contributed by atoms with van der Waals surface area (Å²) in [7, 11) is 0. The van der Waals surface area contributed by atoms with E-state index in [1.807, 2.05) is 36.4 Å². The normalized spacial score (nSPS) is 12.0. The van der Waals surface area contributed by atoms with Crippen LogP contribution in [0.3, 0.4) is 0 Å². The number of nitrogens with zero attached hydrogens (tertiary/aromatic N) is 4. The van der Waals surface area contributed by atoms with Gasteiger partial charge in [0.1, 0.15) is 0 Å². The number of hydrogen-bond acceptors (Lipinski definition) is 2. The molecule has 0 atom stereocenters. The van der Waals surface area contributed by atoms with Gasteiger partial charge in [0.05, 0.1) is 22.8 Å². The maximum absolute atomic E-state index is 5.38. The second-order valence-electron chi connectivity index (χ2n) is 12.1. The maximum atomic E-state index is 5.38. The zero-order valence-electron chi connectivity index (χ0n) is 26.9. The van der Waals surface area contributed by atoms with Crippen LogP contribution in [0.1, 0.15) is 22.8 Å². The van der Waals surface area contributed by atoms with Crippen molar-refractivity contribution >= 4 is 76.6 Å². The Kier molecular flexibility index (Phi) is 9.03. The zero-order chi connectivity index (χ0) is 33.6. The van der Waals surface area contributed by atoms with E-state index in [-0.39, 0.29) is 16.5 Å². The molecule has 0 radical (unpaired) electrons. The van der Waals surface area contributed by atoms with E-state index in [0.29, 0.717) is 0 Å². The predicted octanol–water partition coefficient (Wildman–Crippen LogP) is 12.1. The summed E-state index contributed by atoms with van der Waals surface area (Å²) in [6.07, 6.45) is 6.28. The average molecular weight is 829 g/mol. The molecular formula is C44H26Br2N4Ni. The van der Waals surface area contributed by atoms with Crippen molar-refractivity contribution in [2.45, 2.75) is 0 Å². The predicted molar refractivity (Wildman–Crippen MR) is 214 cm³/mol. The van der Waals surface area contributed by atoms with Gasteiger partial charge in [0.25, 0.3) is 0 Å². The molecule has 0 N–H and O–H groups in total. The summed E-state index contributed by atoms with van der Waals surface area (Å²) >= 11 is 7.86. The van der Waals surface area contributed by atoms with Crippen LogP contribution < -0.4 is 9.97 Å². The number of fused-ring (bicyclic) bond motifs is 8. The topological polar surface area (TPSA) is 54.0 Å².